The summed E-state index contributed by atoms with van der Waals surface area (Å²) in [6, 6.07) is 0.0898. The van der Waals surface area contributed by atoms with E-state index >= 15 is 0 Å². The number of amides is 1. The largest absolute Gasteiger partial charge is 0.338 e. The third-order valence-corrected chi connectivity index (χ3v) is 3.63. The van der Waals surface area contributed by atoms with Crippen molar-refractivity contribution in [1.29, 1.82) is 0 Å². The molecule has 1 aliphatic heterocycles. The minimum atomic E-state index is -0.327. The van der Waals surface area contributed by atoms with Gasteiger partial charge < -0.3 is 10.6 Å². The average molecular weight is 226 g/mol. The Bertz CT molecular complexity index is 228. The van der Waals surface area contributed by atoms with E-state index < -0.39 is 0 Å². The molecule has 2 atom stereocenters. The van der Waals surface area contributed by atoms with Gasteiger partial charge in [-0.1, -0.05) is 33.6 Å². The fourth-order valence-electron chi connectivity index (χ4n) is 2.37. The molecule has 94 valence electrons. The maximum absolute atomic E-state index is 12.3. The number of likely N-dealkylation sites (tertiary alicyclic amines) is 1. The molecule has 0 aliphatic carbocycles. The summed E-state index contributed by atoms with van der Waals surface area (Å²) in [7, 11) is 0. The topological polar surface area (TPSA) is 46.3 Å². The van der Waals surface area contributed by atoms with Crippen molar-refractivity contribution in [3.8, 4) is 0 Å². The first kappa shape index (κ1) is 13.5. The molecule has 0 saturated carbocycles. The SMILES string of the molecule is CCC1CCCCCN1C(=O)[C@H](N)C(C)C. The van der Waals surface area contributed by atoms with E-state index in [1.807, 2.05) is 18.7 Å². The van der Waals surface area contributed by atoms with Crippen LogP contribution in [0.5, 0.6) is 0 Å². The second-order valence-electron chi connectivity index (χ2n) is 5.21. The van der Waals surface area contributed by atoms with E-state index in [1.54, 1.807) is 0 Å². The quantitative estimate of drug-likeness (QED) is 0.801. The van der Waals surface area contributed by atoms with Crippen LogP contribution in [0.15, 0.2) is 0 Å². The monoisotopic (exact) mass is 226 g/mol. The van der Waals surface area contributed by atoms with Crippen LogP contribution in [0, 0.1) is 5.92 Å². The van der Waals surface area contributed by atoms with Crippen LogP contribution in [0.3, 0.4) is 0 Å². The van der Waals surface area contributed by atoms with Gasteiger partial charge in [-0.3, -0.25) is 4.79 Å². The zero-order valence-electron chi connectivity index (χ0n) is 10.9. The van der Waals surface area contributed by atoms with Gasteiger partial charge in [-0.25, -0.2) is 0 Å². The third-order valence-electron chi connectivity index (χ3n) is 3.63. The molecule has 0 bridgehead atoms. The molecule has 1 unspecified atom stereocenters. The number of nitrogens with zero attached hydrogens (tertiary/aromatic N) is 1. The molecule has 1 saturated heterocycles. The van der Waals surface area contributed by atoms with Crippen molar-refractivity contribution >= 4 is 5.91 Å². The summed E-state index contributed by atoms with van der Waals surface area (Å²) in [5.74, 6) is 0.386. The van der Waals surface area contributed by atoms with E-state index in [2.05, 4.69) is 6.92 Å². The van der Waals surface area contributed by atoms with Crippen LogP contribution in [-0.2, 0) is 4.79 Å². The molecule has 1 aliphatic rings. The zero-order chi connectivity index (χ0) is 12.1. The molecule has 0 aromatic heterocycles. The van der Waals surface area contributed by atoms with Gasteiger partial charge in [0.1, 0.15) is 0 Å². The molecule has 1 rings (SSSR count). The van der Waals surface area contributed by atoms with Crippen LogP contribution in [0.25, 0.3) is 0 Å². The van der Waals surface area contributed by atoms with Gasteiger partial charge in [0.25, 0.3) is 0 Å². The lowest BCUT2D eigenvalue weighted by molar-refractivity contribution is -0.135. The summed E-state index contributed by atoms with van der Waals surface area (Å²) in [4.78, 5) is 14.3. The van der Waals surface area contributed by atoms with E-state index in [4.69, 9.17) is 5.73 Å². The molecule has 16 heavy (non-hydrogen) atoms. The van der Waals surface area contributed by atoms with Crippen LogP contribution in [0.2, 0.25) is 0 Å². The first-order valence-electron chi connectivity index (χ1n) is 6.64. The number of rotatable bonds is 3. The van der Waals surface area contributed by atoms with Crippen LogP contribution in [-0.4, -0.2) is 29.4 Å². The first-order chi connectivity index (χ1) is 7.57. The third kappa shape index (κ3) is 3.21. The Morgan fingerprint density at radius 1 is 1.38 bits per heavy atom. The van der Waals surface area contributed by atoms with Gasteiger partial charge in [-0.05, 0) is 25.2 Å². The Morgan fingerprint density at radius 3 is 2.62 bits per heavy atom. The molecule has 0 aromatic carbocycles. The smallest absolute Gasteiger partial charge is 0.239 e. The van der Waals surface area contributed by atoms with Crippen molar-refractivity contribution in [3.63, 3.8) is 0 Å². The van der Waals surface area contributed by atoms with E-state index in [9.17, 15) is 4.79 Å². The highest BCUT2D eigenvalue weighted by Gasteiger charge is 2.28. The molecule has 2 N–H and O–H groups in total. The summed E-state index contributed by atoms with van der Waals surface area (Å²) in [5, 5.41) is 0. The summed E-state index contributed by atoms with van der Waals surface area (Å²) in [6.07, 6.45) is 5.83. The molecule has 0 aromatic rings. The zero-order valence-corrected chi connectivity index (χ0v) is 10.9. The molecule has 0 spiro atoms. The molecule has 3 heteroatoms. The van der Waals surface area contributed by atoms with E-state index in [1.165, 1.54) is 12.8 Å². The summed E-state index contributed by atoms with van der Waals surface area (Å²) in [5.41, 5.74) is 5.97. The van der Waals surface area contributed by atoms with Crippen molar-refractivity contribution in [2.24, 2.45) is 11.7 Å². The Hall–Kier alpha value is -0.570. The van der Waals surface area contributed by atoms with E-state index in [0.717, 1.165) is 25.8 Å². The fraction of sp³-hybridized carbons (Fsp3) is 0.923. The standard InChI is InChI=1S/C13H26N2O/c1-4-11-8-6-5-7-9-15(11)13(16)12(14)10(2)3/h10-12H,4-9,14H2,1-3H3/t11?,12-/m1/s1. The maximum atomic E-state index is 12.3. The fourth-order valence-corrected chi connectivity index (χ4v) is 2.37. The highest BCUT2D eigenvalue weighted by atomic mass is 16.2. The van der Waals surface area contributed by atoms with Crippen molar-refractivity contribution in [3.05, 3.63) is 0 Å². The molecular formula is C13H26N2O. The van der Waals surface area contributed by atoms with Gasteiger partial charge >= 0.3 is 0 Å². The van der Waals surface area contributed by atoms with Gasteiger partial charge in [0, 0.05) is 12.6 Å². The van der Waals surface area contributed by atoms with Crippen molar-refractivity contribution in [2.75, 3.05) is 6.54 Å². The molecule has 3 nitrogen and oxygen atoms in total. The molecule has 1 amide bonds. The van der Waals surface area contributed by atoms with Gasteiger partial charge in [-0.15, -0.1) is 0 Å². The first-order valence-corrected chi connectivity index (χ1v) is 6.64. The molecule has 1 fully saturated rings. The maximum Gasteiger partial charge on any atom is 0.239 e. The lowest BCUT2D eigenvalue weighted by atomic mass is 10.0. The number of carbonyl (C=O) groups excluding carboxylic acids is 1. The normalized spacial score (nSPS) is 24.3. The average Bonchev–Trinajstić information content (AvgIpc) is 2.51. The molecule has 0 radical (unpaired) electrons. The van der Waals surface area contributed by atoms with Crippen LogP contribution in [0.1, 0.15) is 52.9 Å². The Labute approximate surface area is 99.4 Å². The summed E-state index contributed by atoms with van der Waals surface area (Å²) < 4.78 is 0. The number of hydrogen-bond acceptors (Lipinski definition) is 2. The van der Waals surface area contributed by atoms with Crippen molar-refractivity contribution < 1.29 is 4.79 Å². The summed E-state index contributed by atoms with van der Waals surface area (Å²) in [6.45, 7) is 7.09. The number of nitrogens with two attached hydrogens (primary N) is 1. The van der Waals surface area contributed by atoms with Gasteiger partial charge in [-0.2, -0.15) is 0 Å². The highest BCUT2D eigenvalue weighted by Crippen LogP contribution is 2.20. The Kier molecular flexibility index (Phi) is 5.26. The van der Waals surface area contributed by atoms with Crippen molar-refractivity contribution in [1.82, 2.24) is 4.90 Å². The highest BCUT2D eigenvalue weighted by molar-refractivity contribution is 5.82. The number of carbonyl (C=O) groups is 1. The second kappa shape index (κ2) is 6.24. The van der Waals surface area contributed by atoms with Crippen molar-refractivity contribution in [2.45, 2.75) is 65.0 Å². The number of hydrogen-bond donors (Lipinski definition) is 1. The minimum absolute atomic E-state index is 0.156. The second-order valence-corrected chi connectivity index (χ2v) is 5.21. The van der Waals surface area contributed by atoms with Gasteiger partial charge in [0.15, 0.2) is 0 Å². The van der Waals surface area contributed by atoms with Crippen LogP contribution in [0.4, 0.5) is 0 Å². The predicted octanol–water partition coefficient (Wildman–Crippen LogP) is 2.15. The minimum Gasteiger partial charge on any atom is -0.338 e. The van der Waals surface area contributed by atoms with E-state index in [0.29, 0.717) is 6.04 Å². The molecule has 1 heterocycles. The van der Waals surface area contributed by atoms with Crippen LogP contribution < -0.4 is 5.73 Å². The molecular weight excluding hydrogens is 200 g/mol. The lowest BCUT2D eigenvalue weighted by Crippen LogP contribution is -2.50. The predicted molar refractivity (Wildman–Crippen MR) is 67.1 cm³/mol. The Balaban J connectivity index is 2.69. The van der Waals surface area contributed by atoms with Gasteiger partial charge in [0.05, 0.1) is 6.04 Å². The lowest BCUT2D eigenvalue weighted by Gasteiger charge is -2.32. The summed E-state index contributed by atoms with van der Waals surface area (Å²) >= 11 is 0. The van der Waals surface area contributed by atoms with E-state index in [-0.39, 0.29) is 17.9 Å². The van der Waals surface area contributed by atoms with Crippen LogP contribution >= 0.6 is 0 Å². The Morgan fingerprint density at radius 2 is 2.06 bits per heavy atom. The van der Waals surface area contributed by atoms with Gasteiger partial charge in [0.2, 0.25) is 5.91 Å².